The van der Waals surface area contributed by atoms with E-state index in [4.69, 9.17) is 11.6 Å². The molecule has 0 spiro atoms. The van der Waals surface area contributed by atoms with Crippen LogP contribution in [0.3, 0.4) is 0 Å². The Morgan fingerprint density at radius 1 is 1.42 bits per heavy atom. The van der Waals surface area contributed by atoms with Crippen LogP contribution in [-0.2, 0) is 13.1 Å². The van der Waals surface area contributed by atoms with E-state index in [9.17, 15) is 4.79 Å². The summed E-state index contributed by atoms with van der Waals surface area (Å²) in [7, 11) is 0. The predicted octanol–water partition coefficient (Wildman–Crippen LogP) is 2.84. The number of nitrogens with one attached hydrogen (secondary N) is 1. The summed E-state index contributed by atoms with van der Waals surface area (Å²) in [4.78, 5) is 11.8. The number of halogens is 1. The summed E-state index contributed by atoms with van der Waals surface area (Å²) in [6.45, 7) is 5.01. The molecule has 0 aliphatic carbocycles. The molecule has 0 amide bonds. The van der Waals surface area contributed by atoms with Crippen LogP contribution in [0.2, 0.25) is 5.02 Å². The third-order valence-electron chi connectivity index (χ3n) is 2.85. The van der Waals surface area contributed by atoms with Crippen LogP contribution in [0.4, 0.5) is 5.69 Å². The Labute approximate surface area is 117 Å². The van der Waals surface area contributed by atoms with Gasteiger partial charge in [0.1, 0.15) is 5.02 Å². The molecule has 100 valence electrons. The molecular weight excluding hydrogens is 262 g/mol. The normalized spacial score (nSPS) is 10.5. The first-order valence-corrected chi connectivity index (χ1v) is 6.54. The Morgan fingerprint density at radius 3 is 2.89 bits per heavy atom. The number of aromatic nitrogens is 2. The lowest BCUT2D eigenvalue weighted by Crippen LogP contribution is -2.23. The van der Waals surface area contributed by atoms with Crippen molar-refractivity contribution in [1.29, 1.82) is 0 Å². The van der Waals surface area contributed by atoms with E-state index in [1.807, 2.05) is 32.0 Å². The van der Waals surface area contributed by atoms with Gasteiger partial charge in [-0.3, -0.25) is 4.79 Å². The molecule has 0 fully saturated rings. The lowest BCUT2D eigenvalue weighted by molar-refractivity contribution is 0.616. The largest absolute Gasteiger partial charge is 0.378 e. The van der Waals surface area contributed by atoms with E-state index in [-0.39, 0.29) is 10.6 Å². The molecule has 4 nitrogen and oxygen atoms in total. The van der Waals surface area contributed by atoms with Crippen molar-refractivity contribution in [3.8, 4) is 0 Å². The average Bonchev–Trinajstić information content (AvgIpc) is 2.41. The van der Waals surface area contributed by atoms with Gasteiger partial charge < -0.3 is 5.32 Å². The van der Waals surface area contributed by atoms with Gasteiger partial charge in [-0.2, -0.15) is 5.10 Å². The Morgan fingerprint density at radius 2 is 2.21 bits per heavy atom. The van der Waals surface area contributed by atoms with Crippen LogP contribution in [0.15, 0.2) is 35.3 Å². The molecule has 5 heteroatoms. The van der Waals surface area contributed by atoms with Gasteiger partial charge in [-0.05, 0) is 19.4 Å². The van der Waals surface area contributed by atoms with E-state index in [1.165, 1.54) is 10.2 Å². The summed E-state index contributed by atoms with van der Waals surface area (Å²) in [5, 5.41) is 7.37. The maximum atomic E-state index is 11.8. The van der Waals surface area contributed by atoms with Crippen molar-refractivity contribution in [2.24, 2.45) is 0 Å². The van der Waals surface area contributed by atoms with Crippen LogP contribution in [0.5, 0.6) is 0 Å². The van der Waals surface area contributed by atoms with Gasteiger partial charge in [0, 0.05) is 13.1 Å². The quantitative estimate of drug-likeness (QED) is 0.935. The summed E-state index contributed by atoms with van der Waals surface area (Å²) in [6, 6.07) is 8.15. The summed E-state index contributed by atoms with van der Waals surface area (Å²) < 4.78 is 1.33. The number of hydrogen-bond donors (Lipinski definition) is 1. The molecule has 1 aromatic heterocycles. The lowest BCUT2D eigenvalue weighted by Gasteiger charge is -2.09. The van der Waals surface area contributed by atoms with Crippen molar-refractivity contribution in [3.05, 3.63) is 57.0 Å². The van der Waals surface area contributed by atoms with Gasteiger partial charge in [-0.15, -0.1) is 0 Å². The van der Waals surface area contributed by atoms with Crippen molar-refractivity contribution >= 4 is 17.3 Å². The molecule has 1 heterocycles. The molecule has 0 aliphatic rings. The summed E-state index contributed by atoms with van der Waals surface area (Å²) in [5.74, 6) is 0. The number of aryl methyl sites for hydroxylation is 2. The summed E-state index contributed by atoms with van der Waals surface area (Å²) in [6.07, 6.45) is 1.59. The average molecular weight is 278 g/mol. The number of benzene rings is 1. The van der Waals surface area contributed by atoms with Gasteiger partial charge in [0.15, 0.2) is 0 Å². The molecule has 0 unspecified atom stereocenters. The third kappa shape index (κ3) is 3.15. The highest BCUT2D eigenvalue weighted by Crippen LogP contribution is 2.16. The molecule has 0 atom stereocenters. The van der Waals surface area contributed by atoms with E-state index < -0.39 is 0 Å². The predicted molar refractivity (Wildman–Crippen MR) is 77.7 cm³/mol. The molecule has 1 aromatic carbocycles. The van der Waals surface area contributed by atoms with Crippen LogP contribution in [-0.4, -0.2) is 9.78 Å². The van der Waals surface area contributed by atoms with Crippen LogP contribution in [0.25, 0.3) is 0 Å². The van der Waals surface area contributed by atoms with Gasteiger partial charge in [0.2, 0.25) is 0 Å². The molecule has 0 aliphatic heterocycles. The number of nitrogens with zero attached hydrogens (tertiary/aromatic N) is 2. The molecular formula is C14H16ClN3O. The van der Waals surface area contributed by atoms with Crippen molar-refractivity contribution in [1.82, 2.24) is 9.78 Å². The van der Waals surface area contributed by atoms with Crippen molar-refractivity contribution in [3.63, 3.8) is 0 Å². The van der Waals surface area contributed by atoms with Gasteiger partial charge in [0.25, 0.3) is 5.56 Å². The molecule has 2 rings (SSSR count). The van der Waals surface area contributed by atoms with Crippen LogP contribution < -0.4 is 10.9 Å². The summed E-state index contributed by atoms with van der Waals surface area (Å²) >= 11 is 6.04. The molecule has 19 heavy (non-hydrogen) atoms. The van der Waals surface area contributed by atoms with E-state index in [0.717, 1.165) is 5.56 Å². The SMILES string of the molecule is CCn1ncc(NCc2cccc(C)c2)c(Cl)c1=O. The first-order chi connectivity index (χ1) is 9.11. The highest BCUT2D eigenvalue weighted by molar-refractivity contribution is 6.32. The zero-order valence-electron chi connectivity index (χ0n) is 11.0. The second kappa shape index (κ2) is 5.89. The fourth-order valence-electron chi connectivity index (χ4n) is 1.83. The van der Waals surface area contributed by atoms with Crippen molar-refractivity contribution < 1.29 is 0 Å². The maximum Gasteiger partial charge on any atom is 0.287 e. The highest BCUT2D eigenvalue weighted by atomic mass is 35.5. The van der Waals surface area contributed by atoms with E-state index in [2.05, 4.69) is 16.5 Å². The Hall–Kier alpha value is -1.81. The first kappa shape index (κ1) is 13.6. The Balaban J connectivity index is 2.16. The molecule has 0 saturated carbocycles. The van der Waals surface area contributed by atoms with Crippen LogP contribution >= 0.6 is 11.6 Å². The van der Waals surface area contributed by atoms with Gasteiger partial charge in [0.05, 0.1) is 11.9 Å². The van der Waals surface area contributed by atoms with Gasteiger partial charge >= 0.3 is 0 Å². The van der Waals surface area contributed by atoms with Crippen molar-refractivity contribution in [2.75, 3.05) is 5.32 Å². The monoisotopic (exact) mass is 277 g/mol. The second-order valence-corrected chi connectivity index (χ2v) is 4.71. The van der Waals surface area contributed by atoms with Gasteiger partial charge in [-0.1, -0.05) is 41.4 Å². The van der Waals surface area contributed by atoms with Crippen molar-refractivity contribution in [2.45, 2.75) is 26.9 Å². The zero-order chi connectivity index (χ0) is 13.8. The molecule has 0 bridgehead atoms. The molecule has 1 N–H and O–H groups in total. The standard InChI is InChI=1S/C14H16ClN3O/c1-3-18-14(19)13(15)12(9-17-18)16-8-11-6-4-5-10(2)7-11/h4-7,9,16H,3,8H2,1-2H3. The van der Waals surface area contributed by atoms with Gasteiger partial charge in [-0.25, -0.2) is 4.68 Å². The minimum absolute atomic E-state index is 0.185. The first-order valence-electron chi connectivity index (χ1n) is 6.17. The number of hydrogen-bond acceptors (Lipinski definition) is 3. The smallest absolute Gasteiger partial charge is 0.287 e. The molecule has 0 saturated heterocycles. The Bertz CT molecular complexity index is 637. The molecule has 2 aromatic rings. The van der Waals surface area contributed by atoms with E-state index >= 15 is 0 Å². The lowest BCUT2D eigenvalue weighted by atomic mass is 10.1. The second-order valence-electron chi connectivity index (χ2n) is 4.34. The fourth-order valence-corrected chi connectivity index (χ4v) is 2.05. The maximum absolute atomic E-state index is 11.8. The number of anilines is 1. The minimum atomic E-state index is -0.265. The molecule has 0 radical (unpaired) electrons. The summed E-state index contributed by atoms with van der Waals surface area (Å²) in [5.41, 5.74) is 2.64. The van der Waals surface area contributed by atoms with E-state index in [0.29, 0.717) is 18.8 Å². The zero-order valence-corrected chi connectivity index (χ0v) is 11.7. The highest BCUT2D eigenvalue weighted by Gasteiger charge is 2.07. The number of rotatable bonds is 4. The topological polar surface area (TPSA) is 46.9 Å². The third-order valence-corrected chi connectivity index (χ3v) is 3.22. The minimum Gasteiger partial charge on any atom is -0.378 e. The van der Waals surface area contributed by atoms with Crippen LogP contribution in [0.1, 0.15) is 18.1 Å². The van der Waals surface area contributed by atoms with E-state index in [1.54, 1.807) is 6.20 Å². The van der Waals surface area contributed by atoms with Crippen LogP contribution in [0, 0.1) is 6.92 Å². The fraction of sp³-hybridized carbons (Fsp3) is 0.286. The Kier molecular flexibility index (Phi) is 4.22.